The van der Waals surface area contributed by atoms with E-state index in [-0.39, 0.29) is 41.6 Å². The highest BCUT2D eigenvalue weighted by Crippen LogP contribution is 2.33. The largest absolute Gasteiger partial charge is 0.369 e. The number of nitrogens with one attached hydrogen (secondary N) is 1. The second-order valence-electron chi connectivity index (χ2n) is 11.3. The van der Waals surface area contributed by atoms with Gasteiger partial charge in [0.1, 0.15) is 18.7 Å². The van der Waals surface area contributed by atoms with E-state index in [1.54, 1.807) is 4.90 Å². The SMILES string of the molecule is C[C@H]1CN(C(=O)[C@H](CC(C)(C)C)NC(=O)c2ccc(N3CCN(C)CC3)cc2)[C@@H]2C(=O)CO[C@@H]21. The molecule has 8 heteroatoms. The van der Waals surface area contributed by atoms with Gasteiger partial charge in [0, 0.05) is 49.9 Å². The first-order chi connectivity index (χ1) is 16.0. The van der Waals surface area contributed by atoms with E-state index in [4.69, 9.17) is 4.74 Å². The summed E-state index contributed by atoms with van der Waals surface area (Å²) in [5.74, 6) is -0.433. The van der Waals surface area contributed by atoms with Crippen LogP contribution in [0.1, 0.15) is 44.5 Å². The number of amides is 2. The quantitative estimate of drug-likeness (QED) is 0.707. The molecule has 186 valence electrons. The summed E-state index contributed by atoms with van der Waals surface area (Å²) in [7, 11) is 2.12. The molecule has 3 aliphatic rings. The maximum atomic E-state index is 13.6. The Hall–Kier alpha value is -2.45. The standard InChI is InChI=1S/C26H38N4O4/c1-17-15-30(22-21(31)16-34-23(17)22)25(33)20(14-26(2,3)4)27-24(32)18-6-8-19(9-7-18)29-12-10-28(5)11-13-29/h6-9,17,20,22-23H,10-16H2,1-5H3,(H,27,32)/t17-,20-,22+,23+/m0/s1. The molecule has 2 amide bonds. The molecule has 34 heavy (non-hydrogen) atoms. The van der Waals surface area contributed by atoms with E-state index < -0.39 is 12.1 Å². The van der Waals surface area contributed by atoms with Crippen molar-refractivity contribution >= 4 is 23.3 Å². The van der Waals surface area contributed by atoms with Gasteiger partial charge in [0.15, 0.2) is 5.78 Å². The second-order valence-corrected chi connectivity index (χ2v) is 11.3. The number of fused-ring (bicyclic) bond motifs is 1. The minimum atomic E-state index is -0.704. The number of ketones is 1. The third-order valence-corrected chi connectivity index (χ3v) is 7.14. The summed E-state index contributed by atoms with van der Waals surface area (Å²) in [6, 6.07) is 6.35. The molecule has 1 aromatic rings. The van der Waals surface area contributed by atoms with Crippen molar-refractivity contribution in [2.24, 2.45) is 11.3 Å². The third kappa shape index (κ3) is 5.28. The van der Waals surface area contributed by atoms with Crippen LogP contribution in [0.25, 0.3) is 0 Å². The molecule has 0 aromatic heterocycles. The fourth-order valence-electron chi connectivity index (χ4n) is 5.26. The molecule has 4 atom stereocenters. The van der Waals surface area contributed by atoms with Gasteiger partial charge < -0.3 is 24.8 Å². The zero-order valence-electron chi connectivity index (χ0n) is 21.0. The molecule has 3 aliphatic heterocycles. The third-order valence-electron chi connectivity index (χ3n) is 7.14. The minimum absolute atomic E-state index is 0.0527. The number of carbonyl (C=O) groups excluding carboxylic acids is 3. The van der Waals surface area contributed by atoms with Crippen LogP contribution in [-0.4, -0.2) is 92.0 Å². The van der Waals surface area contributed by atoms with Gasteiger partial charge in [-0.1, -0.05) is 27.7 Å². The number of piperazine rings is 1. The summed E-state index contributed by atoms with van der Waals surface area (Å²) in [6.07, 6.45) is 0.235. The molecule has 3 fully saturated rings. The average Bonchev–Trinajstić information content (AvgIpc) is 3.33. The smallest absolute Gasteiger partial charge is 0.251 e. The number of hydrogen-bond acceptors (Lipinski definition) is 6. The Balaban J connectivity index is 1.47. The first-order valence-electron chi connectivity index (χ1n) is 12.3. The van der Waals surface area contributed by atoms with Crippen LogP contribution in [-0.2, 0) is 14.3 Å². The van der Waals surface area contributed by atoms with Gasteiger partial charge in [-0.15, -0.1) is 0 Å². The van der Waals surface area contributed by atoms with Crippen molar-refractivity contribution in [1.82, 2.24) is 15.1 Å². The molecule has 0 spiro atoms. The van der Waals surface area contributed by atoms with Crippen molar-refractivity contribution in [3.8, 4) is 0 Å². The Kier molecular flexibility index (Phi) is 7.01. The van der Waals surface area contributed by atoms with E-state index in [9.17, 15) is 14.4 Å². The summed E-state index contributed by atoms with van der Waals surface area (Å²) in [6.45, 7) is 12.6. The predicted molar refractivity (Wildman–Crippen MR) is 131 cm³/mol. The van der Waals surface area contributed by atoms with Crippen molar-refractivity contribution in [2.45, 2.75) is 52.3 Å². The van der Waals surface area contributed by atoms with Crippen LogP contribution in [0.3, 0.4) is 0 Å². The van der Waals surface area contributed by atoms with E-state index in [0.717, 1.165) is 31.9 Å². The maximum absolute atomic E-state index is 13.6. The van der Waals surface area contributed by atoms with Gasteiger partial charge in [0.05, 0.1) is 6.10 Å². The zero-order chi connectivity index (χ0) is 24.6. The summed E-state index contributed by atoms with van der Waals surface area (Å²) in [5.41, 5.74) is 1.45. The summed E-state index contributed by atoms with van der Waals surface area (Å²) < 4.78 is 5.64. The van der Waals surface area contributed by atoms with Crippen molar-refractivity contribution in [1.29, 1.82) is 0 Å². The van der Waals surface area contributed by atoms with Gasteiger partial charge in [0.2, 0.25) is 5.91 Å². The van der Waals surface area contributed by atoms with E-state index in [1.807, 2.05) is 52.0 Å². The van der Waals surface area contributed by atoms with Crippen LogP contribution in [0.2, 0.25) is 0 Å². The normalized spacial score (nSPS) is 26.5. The van der Waals surface area contributed by atoms with E-state index in [0.29, 0.717) is 18.5 Å². The number of hydrogen-bond donors (Lipinski definition) is 1. The maximum Gasteiger partial charge on any atom is 0.251 e. The molecule has 0 unspecified atom stereocenters. The minimum Gasteiger partial charge on any atom is -0.369 e. The summed E-state index contributed by atoms with van der Waals surface area (Å²) in [4.78, 5) is 45.5. The van der Waals surface area contributed by atoms with E-state index in [1.165, 1.54) is 0 Å². The number of likely N-dealkylation sites (tertiary alicyclic amines) is 1. The molecule has 1 N–H and O–H groups in total. The molecule has 0 saturated carbocycles. The van der Waals surface area contributed by atoms with Gasteiger partial charge in [0.25, 0.3) is 5.91 Å². The van der Waals surface area contributed by atoms with Crippen molar-refractivity contribution < 1.29 is 19.1 Å². The van der Waals surface area contributed by atoms with Crippen molar-refractivity contribution in [2.75, 3.05) is 51.3 Å². The fraction of sp³-hybridized carbons (Fsp3) is 0.654. The van der Waals surface area contributed by atoms with Crippen LogP contribution in [0.4, 0.5) is 5.69 Å². The predicted octanol–water partition coefficient (Wildman–Crippen LogP) is 1.79. The van der Waals surface area contributed by atoms with Crippen LogP contribution in [0.5, 0.6) is 0 Å². The Morgan fingerprint density at radius 1 is 1.12 bits per heavy atom. The first-order valence-corrected chi connectivity index (χ1v) is 12.3. The zero-order valence-corrected chi connectivity index (χ0v) is 21.0. The van der Waals surface area contributed by atoms with Crippen LogP contribution in [0, 0.1) is 11.3 Å². The van der Waals surface area contributed by atoms with Crippen LogP contribution < -0.4 is 10.2 Å². The Morgan fingerprint density at radius 3 is 2.38 bits per heavy atom. The van der Waals surface area contributed by atoms with E-state index in [2.05, 4.69) is 22.2 Å². The number of Topliss-reactive ketones (excluding diaryl/α,β-unsaturated/α-hetero) is 1. The number of nitrogens with zero attached hydrogens (tertiary/aromatic N) is 3. The van der Waals surface area contributed by atoms with Gasteiger partial charge >= 0.3 is 0 Å². The lowest BCUT2D eigenvalue weighted by Gasteiger charge is -2.34. The number of likely N-dealkylation sites (N-methyl/N-ethyl adjacent to an activating group) is 1. The number of benzene rings is 1. The topological polar surface area (TPSA) is 82.2 Å². The molecular weight excluding hydrogens is 432 g/mol. The molecule has 3 saturated heterocycles. The Labute approximate surface area is 202 Å². The van der Waals surface area contributed by atoms with Gasteiger partial charge in [-0.2, -0.15) is 0 Å². The lowest BCUT2D eigenvalue weighted by Crippen LogP contribution is -2.53. The number of rotatable bonds is 5. The fourth-order valence-corrected chi connectivity index (χ4v) is 5.26. The average molecular weight is 471 g/mol. The van der Waals surface area contributed by atoms with Crippen LogP contribution in [0.15, 0.2) is 24.3 Å². The highest BCUT2D eigenvalue weighted by atomic mass is 16.5. The molecule has 3 heterocycles. The Bertz CT molecular complexity index is 918. The summed E-state index contributed by atoms with van der Waals surface area (Å²) >= 11 is 0. The second kappa shape index (κ2) is 9.66. The number of ether oxygens (including phenoxy) is 1. The van der Waals surface area contributed by atoms with Gasteiger partial charge in [-0.3, -0.25) is 14.4 Å². The van der Waals surface area contributed by atoms with E-state index >= 15 is 0 Å². The first kappa shape index (κ1) is 24.7. The molecular formula is C26H38N4O4. The van der Waals surface area contributed by atoms with Crippen LogP contribution >= 0.6 is 0 Å². The highest BCUT2D eigenvalue weighted by molar-refractivity contribution is 5.99. The highest BCUT2D eigenvalue weighted by Gasteiger charge is 2.51. The number of carbonyl (C=O) groups is 3. The van der Waals surface area contributed by atoms with Gasteiger partial charge in [-0.05, 0) is 43.1 Å². The molecule has 1 aromatic carbocycles. The molecule has 0 bridgehead atoms. The Morgan fingerprint density at radius 2 is 1.76 bits per heavy atom. The molecule has 0 aliphatic carbocycles. The molecule has 0 radical (unpaired) electrons. The summed E-state index contributed by atoms with van der Waals surface area (Å²) in [5, 5.41) is 2.98. The molecule has 8 nitrogen and oxygen atoms in total. The van der Waals surface area contributed by atoms with Crippen molar-refractivity contribution in [3.63, 3.8) is 0 Å². The lowest BCUT2D eigenvalue weighted by molar-refractivity contribution is -0.138. The van der Waals surface area contributed by atoms with Crippen molar-refractivity contribution in [3.05, 3.63) is 29.8 Å². The lowest BCUT2D eigenvalue weighted by atomic mass is 9.87. The monoisotopic (exact) mass is 470 g/mol. The number of anilines is 1. The molecule has 4 rings (SSSR count). The van der Waals surface area contributed by atoms with Gasteiger partial charge in [-0.25, -0.2) is 0 Å².